The molecule has 0 bridgehead atoms. The smallest absolute Gasteiger partial charge is 0.262 e. The minimum atomic E-state index is -0.575. The average Bonchev–Trinajstić information content (AvgIpc) is 2.95. The maximum atomic E-state index is 13.8. The quantitative estimate of drug-likeness (QED) is 0.142. The summed E-state index contributed by atoms with van der Waals surface area (Å²) in [5.74, 6) is -2.08. The second-order valence-corrected chi connectivity index (χ2v) is 13.1. The number of hydrogen-bond donors (Lipinski definition) is 0. The van der Waals surface area contributed by atoms with Gasteiger partial charge in [0, 0.05) is 37.3 Å². The van der Waals surface area contributed by atoms with E-state index < -0.39 is 23.6 Å². The van der Waals surface area contributed by atoms with Gasteiger partial charge < -0.3 is 0 Å². The highest BCUT2D eigenvalue weighted by Gasteiger charge is 2.45. The van der Waals surface area contributed by atoms with Gasteiger partial charge in [0.05, 0.1) is 27.8 Å². The standard InChI is InChI=1S/C31H34Br3N3O4/c1-3-5-7-9-11-13-15-36-28(38)19-18(17-35)25(32)22-21-20(19)23(30(36)40)26(33)27(34)24(21)31(41)37(29(22)39)16-14-12-10-8-6-4-2/h3-16H2,1-2H3. The lowest BCUT2D eigenvalue weighted by molar-refractivity contribution is 0.0584. The highest BCUT2D eigenvalue weighted by atomic mass is 79.9. The van der Waals surface area contributed by atoms with Gasteiger partial charge in [-0.1, -0.05) is 78.1 Å². The molecule has 0 saturated heterocycles. The van der Waals surface area contributed by atoms with Gasteiger partial charge in [-0.2, -0.15) is 5.26 Å². The molecule has 2 aliphatic rings. The Balaban J connectivity index is 1.79. The molecule has 0 atom stereocenters. The van der Waals surface area contributed by atoms with Gasteiger partial charge in [0.15, 0.2) is 0 Å². The Labute approximate surface area is 266 Å². The normalized spacial score (nSPS) is 14.4. The number of carbonyl (C=O) groups is 4. The van der Waals surface area contributed by atoms with Crippen molar-refractivity contribution in [2.24, 2.45) is 0 Å². The van der Waals surface area contributed by atoms with Crippen LogP contribution in [0.4, 0.5) is 0 Å². The van der Waals surface area contributed by atoms with E-state index in [4.69, 9.17) is 0 Å². The van der Waals surface area contributed by atoms with Crippen molar-refractivity contribution >= 4 is 82.2 Å². The van der Waals surface area contributed by atoms with Crippen molar-refractivity contribution in [1.82, 2.24) is 9.80 Å². The van der Waals surface area contributed by atoms with Crippen molar-refractivity contribution < 1.29 is 19.2 Å². The summed E-state index contributed by atoms with van der Waals surface area (Å²) in [6, 6.07) is 2.11. The van der Waals surface area contributed by atoms with Crippen LogP contribution in [0.25, 0.3) is 10.8 Å². The van der Waals surface area contributed by atoms with E-state index >= 15 is 0 Å². The topological polar surface area (TPSA) is 98.6 Å². The van der Waals surface area contributed by atoms with E-state index in [0.717, 1.165) is 64.2 Å². The lowest BCUT2D eigenvalue weighted by Gasteiger charge is -2.34. The number of benzene rings is 2. The third-order valence-electron chi connectivity index (χ3n) is 7.99. The first-order valence-electron chi connectivity index (χ1n) is 14.5. The summed E-state index contributed by atoms with van der Waals surface area (Å²) in [6.07, 6.45) is 11.9. The van der Waals surface area contributed by atoms with Gasteiger partial charge in [-0.25, -0.2) is 0 Å². The minimum absolute atomic E-state index is 0.00147. The molecule has 0 aromatic heterocycles. The van der Waals surface area contributed by atoms with Crippen LogP contribution in [0.5, 0.6) is 0 Å². The number of unbranched alkanes of at least 4 members (excludes halogenated alkanes) is 10. The van der Waals surface area contributed by atoms with Gasteiger partial charge in [-0.05, 0) is 60.6 Å². The summed E-state index contributed by atoms with van der Waals surface area (Å²) in [5, 5.41) is 10.6. The first-order chi connectivity index (χ1) is 19.7. The second-order valence-electron chi connectivity index (χ2n) is 10.7. The van der Waals surface area contributed by atoms with Gasteiger partial charge in [-0.3, -0.25) is 29.0 Å². The zero-order valence-electron chi connectivity index (χ0n) is 23.5. The highest BCUT2D eigenvalue weighted by Crippen LogP contribution is 2.49. The van der Waals surface area contributed by atoms with E-state index in [0.29, 0.717) is 21.8 Å². The van der Waals surface area contributed by atoms with Crippen LogP contribution in [0, 0.1) is 11.3 Å². The van der Waals surface area contributed by atoms with Crippen LogP contribution < -0.4 is 0 Å². The van der Waals surface area contributed by atoms with E-state index in [2.05, 4.69) is 67.7 Å². The van der Waals surface area contributed by atoms with Crippen LogP contribution in [0.1, 0.15) is 138 Å². The number of halogens is 3. The molecule has 0 fully saturated rings. The molecule has 4 amide bonds. The van der Waals surface area contributed by atoms with Gasteiger partial charge in [0.2, 0.25) is 0 Å². The number of imide groups is 2. The van der Waals surface area contributed by atoms with Crippen LogP contribution in [-0.2, 0) is 0 Å². The predicted molar refractivity (Wildman–Crippen MR) is 169 cm³/mol. The second kappa shape index (κ2) is 13.9. The number of carbonyl (C=O) groups excluding carboxylic acids is 4. The highest BCUT2D eigenvalue weighted by molar-refractivity contribution is 9.13. The van der Waals surface area contributed by atoms with E-state index in [9.17, 15) is 24.4 Å². The number of rotatable bonds is 14. The molecule has 41 heavy (non-hydrogen) atoms. The Bertz CT molecular complexity index is 1460. The third kappa shape index (κ3) is 5.79. The van der Waals surface area contributed by atoms with Crippen LogP contribution >= 0.6 is 47.8 Å². The van der Waals surface area contributed by atoms with Gasteiger partial charge >= 0.3 is 0 Å². The lowest BCUT2D eigenvalue weighted by atomic mass is 9.83. The summed E-state index contributed by atoms with van der Waals surface area (Å²) in [5.41, 5.74) is 0.596. The predicted octanol–water partition coefficient (Wildman–Crippen LogP) is 8.91. The fraction of sp³-hybridized carbons (Fsp3) is 0.516. The van der Waals surface area contributed by atoms with Crippen molar-refractivity contribution in [3.63, 3.8) is 0 Å². The Morgan fingerprint density at radius 3 is 1.29 bits per heavy atom. The number of hydrogen-bond acceptors (Lipinski definition) is 5. The summed E-state index contributed by atoms with van der Waals surface area (Å²) in [6.45, 7) is 4.77. The molecule has 0 aliphatic carbocycles. The molecule has 218 valence electrons. The van der Waals surface area contributed by atoms with Crippen molar-refractivity contribution in [2.45, 2.75) is 90.9 Å². The zero-order chi connectivity index (χ0) is 29.8. The van der Waals surface area contributed by atoms with Crippen LogP contribution in [0.15, 0.2) is 13.4 Å². The summed E-state index contributed by atoms with van der Waals surface area (Å²) < 4.78 is 0.874. The first-order valence-corrected chi connectivity index (χ1v) is 16.9. The van der Waals surface area contributed by atoms with Gasteiger partial charge in [0.25, 0.3) is 23.6 Å². The molecule has 0 unspecified atom stereocenters. The Hall–Kier alpha value is -2.09. The molecule has 4 rings (SSSR count). The fourth-order valence-corrected chi connectivity index (χ4v) is 7.60. The first kappa shape index (κ1) is 31.8. The van der Waals surface area contributed by atoms with Crippen LogP contribution in [0.2, 0.25) is 0 Å². The maximum Gasteiger partial charge on any atom is 0.262 e. The van der Waals surface area contributed by atoms with E-state index in [-0.39, 0.29) is 56.2 Å². The Morgan fingerprint density at radius 2 is 0.878 bits per heavy atom. The van der Waals surface area contributed by atoms with Crippen LogP contribution in [0.3, 0.4) is 0 Å². The molecule has 2 aliphatic heterocycles. The monoisotopic (exact) mass is 749 g/mol. The number of nitrogens with zero attached hydrogens (tertiary/aromatic N) is 3. The molecule has 7 nitrogen and oxygen atoms in total. The molecular weight excluding hydrogens is 718 g/mol. The maximum absolute atomic E-state index is 13.8. The molecule has 0 saturated carbocycles. The molecule has 2 aromatic carbocycles. The SMILES string of the molecule is CCCCCCCCN1C(=O)c2c(Br)c(Br)c3c4c(c(C#N)c(Br)c(c24)C1=O)C(=O)N(CCCCCCCC)C3=O. The molecule has 0 spiro atoms. The van der Waals surface area contributed by atoms with Crippen molar-refractivity contribution in [1.29, 1.82) is 5.26 Å². The summed E-state index contributed by atoms with van der Waals surface area (Å²) in [7, 11) is 0. The minimum Gasteiger partial charge on any atom is -0.274 e. The van der Waals surface area contributed by atoms with Crippen molar-refractivity contribution in [3.05, 3.63) is 41.2 Å². The molecule has 0 radical (unpaired) electrons. The van der Waals surface area contributed by atoms with E-state index in [1.807, 2.05) is 0 Å². The van der Waals surface area contributed by atoms with E-state index in [1.54, 1.807) is 0 Å². The summed E-state index contributed by atoms with van der Waals surface area (Å²) >= 11 is 10.5. The van der Waals surface area contributed by atoms with E-state index in [1.165, 1.54) is 9.80 Å². The molecule has 2 heterocycles. The number of amides is 4. The zero-order valence-corrected chi connectivity index (χ0v) is 28.3. The Morgan fingerprint density at radius 1 is 0.537 bits per heavy atom. The lowest BCUT2D eigenvalue weighted by Crippen LogP contribution is -2.45. The fourth-order valence-electron chi connectivity index (χ4n) is 5.81. The summed E-state index contributed by atoms with van der Waals surface area (Å²) in [4.78, 5) is 57.7. The van der Waals surface area contributed by atoms with Crippen molar-refractivity contribution in [3.8, 4) is 6.07 Å². The average molecular weight is 752 g/mol. The molecule has 10 heteroatoms. The van der Waals surface area contributed by atoms with Gasteiger partial charge in [-0.15, -0.1) is 0 Å². The largest absolute Gasteiger partial charge is 0.274 e. The van der Waals surface area contributed by atoms with Crippen molar-refractivity contribution in [2.75, 3.05) is 13.1 Å². The van der Waals surface area contributed by atoms with Gasteiger partial charge in [0.1, 0.15) is 6.07 Å². The molecule has 2 aromatic rings. The molecular formula is C31H34Br3N3O4. The molecule has 0 N–H and O–H groups in total. The number of nitriles is 1. The van der Waals surface area contributed by atoms with Crippen LogP contribution in [-0.4, -0.2) is 46.5 Å². The third-order valence-corrected chi connectivity index (χ3v) is 10.9. The Kier molecular flexibility index (Phi) is 10.8.